The van der Waals surface area contributed by atoms with Crippen LogP contribution >= 0.6 is 11.3 Å². The van der Waals surface area contributed by atoms with Crippen LogP contribution in [0.1, 0.15) is 16.1 Å². The molecule has 0 fully saturated rings. The normalized spacial score (nSPS) is 10.7. The van der Waals surface area contributed by atoms with E-state index in [1.165, 1.54) is 10.4 Å². The molecule has 0 unspecified atom stereocenters. The molecule has 0 amide bonds. The van der Waals surface area contributed by atoms with Crippen molar-refractivity contribution in [2.24, 2.45) is 0 Å². The Kier molecular flexibility index (Phi) is 2.29. The predicted octanol–water partition coefficient (Wildman–Crippen LogP) is 2.19. The van der Waals surface area contributed by atoms with E-state index in [2.05, 4.69) is 23.5 Å². The SMILES string of the molecule is Cc1cc(Cn2ncc(N)c2C)cs1. The molecule has 2 aromatic rings. The monoisotopic (exact) mass is 207 g/mol. The maximum atomic E-state index is 5.72. The number of nitrogen functional groups attached to an aromatic ring is 1. The van der Waals surface area contributed by atoms with Gasteiger partial charge in [0.15, 0.2) is 0 Å². The first kappa shape index (κ1) is 9.27. The van der Waals surface area contributed by atoms with Gasteiger partial charge in [0.05, 0.1) is 24.1 Å². The van der Waals surface area contributed by atoms with Crippen LogP contribution in [0, 0.1) is 13.8 Å². The minimum atomic E-state index is 0.761. The number of hydrogen-bond donors (Lipinski definition) is 1. The zero-order valence-corrected chi connectivity index (χ0v) is 9.14. The third-order valence-corrected chi connectivity index (χ3v) is 3.17. The molecule has 0 aliphatic carbocycles. The Morgan fingerprint density at radius 1 is 1.50 bits per heavy atom. The molecule has 74 valence electrons. The highest BCUT2D eigenvalue weighted by Crippen LogP contribution is 2.16. The largest absolute Gasteiger partial charge is 0.396 e. The van der Waals surface area contributed by atoms with E-state index < -0.39 is 0 Å². The first-order valence-corrected chi connectivity index (χ1v) is 5.36. The van der Waals surface area contributed by atoms with E-state index in [-0.39, 0.29) is 0 Å². The Hall–Kier alpha value is -1.29. The van der Waals surface area contributed by atoms with Gasteiger partial charge in [-0.15, -0.1) is 11.3 Å². The van der Waals surface area contributed by atoms with Gasteiger partial charge in [0.25, 0.3) is 0 Å². The lowest BCUT2D eigenvalue weighted by Crippen LogP contribution is -2.03. The maximum absolute atomic E-state index is 5.72. The Morgan fingerprint density at radius 3 is 2.79 bits per heavy atom. The fourth-order valence-electron chi connectivity index (χ4n) is 1.37. The molecule has 0 atom stereocenters. The van der Waals surface area contributed by atoms with Crippen molar-refractivity contribution < 1.29 is 0 Å². The van der Waals surface area contributed by atoms with Gasteiger partial charge < -0.3 is 5.73 Å². The highest BCUT2D eigenvalue weighted by atomic mass is 32.1. The summed E-state index contributed by atoms with van der Waals surface area (Å²) in [5.74, 6) is 0. The van der Waals surface area contributed by atoms with E-state index in [0.717, 1.165) is 17.9 Å². The average Bonchev–Trinajstić information content (AvgIpc) is 2.67. The van der Waals surface area contributed by atoms with E-state index in [1.807, 2.05) is 11.6 Å². The Balaban J connectivity index is 2.22. The molecule has 14 heavy (non-hydrogen) atoms. The van der Waals surface area contributed by atoms with Crippen LogP contribution in [-0.4, -0.2) is 9.78 Å². The molecular weight excluding hydrogens is 194 g/mol. The average molecular weight is 207 g/mol. The van der Waals surface area contributed by atoms with Crippen molar-refractivity contribution in [3.63, 3.8) is 0 Å². The zero-order chi connectivity index (χ0) is 10.1. The number of rotatable bonds is 2. The van der Waals surface area contributed by atoms with Gasteiger partial charge in [0, 0.05) is 4.88 Å². The number of nitrogens with zero attached hydrogens (tertiary/aromatic N) is 2. The van der Waals surface area contributed by atoms with E-state index in [1.54, 1.807) is 17.5 Å². The van der Waals surface area contributed by atoms with Crippen LogP contribution in [0.25, 0.3) is 0 Å². The standard InChI is InChI=1S/C10H13N3S/c1-7-3-9(6-14-7)5-13-8(2)10(11)4-12-13/h3-4,6H,5,11H2,1-2H3. The first-order chi connectivity index (χ1) is 6.66. The second-order valence-corrected chi connectivity index (χ2v) is 4.52. The van der Waals surface area contributed by atoms with Crippen molar-refractivity contribution in [1.82, 2.24) is 9.78 Å². The maximum Gasteiger partial charge on any atom is 0.0730 e. The Labute approximate surface area is 87.2 Å². The van der Waals surface area contributed by atoms with E-state index in [9.17, 15) is 0 Å². The molecule has 4 heteroatoms. The molecule has 0 aliphatic heterocycles. The van der Waals surface area contributed by atoms with Gasteiger partial charge >= 0.3 is 0 Å². The Bertz CT molecular complexity index is 442. The molecule has 2 rings (SSSR count). The third-order valence-electron chi connectivity index (χ3n) is 2.26. The van der Waals surface area contributed by atoms with E-state index in [4.69, 9.17) is 5.73 Å². The lowest BCUT2D eigenvalue weighted by Gasteiger charge is -2.01. The summed E-state index contributed by atoms with van der Waals surface area (Å²) in [4.78, 5) is 1.33. The molecular formula is C10H13N3S. The minimum Gasteiger partial charge on any atom is -0.396 e. The number of hydrogen-bond acceptors (Lipinski definition) is 3. The molecule has 0 spiro atoms. The number of aryl methyl sites for hydroxylation is 1. The molecule has 2 aromatic heterocycles. The highest BCUT2D eigenvalue weighted by molar-refractivity contribution is 7.10. The first-order valence-electron chi connectivity index (χ1n) is 4.48. The quantitative estimate of drug-likeness (QED) is 0.820. The van der Waals surface area contributed by atoms with Gasteiger partial charge in [-0.25, -0.2) is 0 Å². The Morgan fingerprint density at radius 2 is 2.29 bits per heavy atom. The summed E-state index contributed by atoms with van der Waals surface area (Å²) in [6.07, 6.45) is 1.70. The predicted molar refractivity (Wildman–Crippen MR) is 59.5 cm³/mol. The van der Waals surface area contributed by atoms with Crippen molar-refractivity contribution >= 4 is 17.0 Å². The van der Waals surface area contributed by atoms with Crippen LogP contribution in [0.5, 0.6) is 0 Å². The van der Waals surface area contributed by atoms with Crippen molar-refractivity contribution in [2.75, 3.05) is 5.73 Å². The second-order valence-electron chi connectivity index (χ2n) is 3.41. The van der Waals surface area contributed by atoms with Crippen molar-refractivity contribution in [1.29, 1.82) is 0 Å². The molecule has 0 bridgehead atoms. The fourth-order valence-corrected chi connectivity index (χ4v) is 2.07. The van der Waals surface area contributed by atoms with Gasteiger partial charge in [-0.05, 0) is 30.9 Å². The molecule has 3 nitrogen and oxygen atoms in total. The number of thiophene rings is 1. The second kappa shape index (κ2) is 3.46. The van der Waals surface area contributed by atoms with Gasteiger partial charge in [0.1, 0.15) is 0 Å². The summed E-state index contributed by atoms with van der Waals surface area (Å²) in [6.45, 7) is 4.91. The van der Waals surface area contributed by atoms with Crippen LogP contribution < -0.4 is 5.73 Å². The lowest BCUT2D eigenvalue weighted by molar-refractivity contribution is 0.667. The number of anilines is 1. The molecule has 0 radical (unpaired) electrons. The summed E-state index contributed by atoms with van der Waals surface area (Å²) < 4.78 is 1.93. The minimum absolute atomic E-state index is 0.761. The van der Waals surface area contributed by atoms with E-state index in [0.29, 0.717) is 0 Å². The molecule has 0 aliphatic rings. The van der Waals surface area contributed by atoms with Gasteiger partial charge in [-0.1, -0.05) is 0 Å². The molecule has 0 aromatic carbocycles. The van der Waals surface area contributed by atoms with Gasteiger partial charge in [0.2, 0.25) is 0 Å². The van der Waals surface area contributed by atoms with E-state index >= 15 is 0 Å². The van der Waals surface area contributed by atoms with Crippen LogP contribution in [0.2, 0.25) is 0 Å². The lowest BCUT2D eigenvalue weighted by atomic mass is 10.3. The zero-order valence-electron chi connectivity index (χ0n) is 8.32. The molecule has 0 saturated heterocycles. The van der Waals surface area contributed by atoms with Gasteiger partial charge in [-0.2, -0.15) is 5.10 Å². The topological polar surface area (TPSA) is 43.8 Å². The highest BCUT2D eigenvalue weighted by Gasteiger charge is 2.04. The molecule has 2 heterocycles. The number of nitrogens with two attached hydrogens (primary N) is 1. The molecule has 2 N–H and O–H groups in total. The van der Waals surface area contributed by atoms with Crippen molar-refractivity contribution in [3.8, 4) is 0 Å². The summed E-state index contributed by atoms with van der Waals surface area (Å²) in [7, 11) is 0. The van der Waals surface area contributed by atoms with Crippen LogP contribution in [0.15, 0.2) is 17.6 Å². The number of aromatic nitrogens is 2. The van der Waals surface area contributed by atoms with Gasteiger partial charge in [-0.3, -0.25) is 4.68 Å². The van der Waals surface area contributed by atoms with Crippen molar-refractivity contribution in [3.05, 3.63) is 33.8 Å². The summed E-state index contributed by atoms with van der Waals surface area (Å²) in [5.41, 5.74) is 8.81. The summed E-state index contributed by atoms with van der Waals surface area (Å²) >= 11 is 1.76. The molecule has 0 saturated carbocycles. The fraction of sp³-hybridized carbons (Fsp3) is 0.300. The van der Waals surface area contributed by atoms with Crippen molar-refractivity contribution in [2.45, 2.75) is 20.4 Å². The third kappa shape index (κ3) is 1.65. The summed E-state index contributed by atoms with van der Waals surface area (Å²) in [6, 6.07) is 2.18. The van der Waals surface area contributed by atoms with Crippen LogP contribution in [0.4, 0.5) is 5.69 Å². The van der Waals surface area contributed by atoms with Crippen LogP contribution in [0.3, 0.4) is 0 Å². The summed E-state index contributed by atoms with van der Waals surface area (Å²) in [5, 5.41) is 6.38. The van der Waals surface area contributed by atoms with Crippen LogP contribution in [-0.2, 0) is 6.54 Å². The smallest absolute Gasteiger partial charge is 0.0730 e.